The standard InChI is InChI=1S/C20H20Cl3N3O3S/c1-25(2)8-9-26(17(27)11-29-15-6-4-12(21)10-14(15)23)20-24-18-16(28-3)7-5-13(22)19(18)30-20/h4-7,10H,8-9,11H2,1-3H3. The van der Waals surface area contributed by atoms with E-state index in [1.54, 1.807) is 42.3 Å². The number of methoxy groups -OCH3 is 1. The number of benzene rings is 2. The Labute approximate surface area is 193 Å². The van der Waals surface area contributed by atoms with Gasteiger partial charge in [0.15, 0.2) is 11.7 Å². The fraction of sp³-hybridized carbons (Fsp3) is 0.300. The number of anilines is 1. The molecule has 1 aromatic heterocycles. The summed E-state index contributed by atoms with van der Waals surface area (Å²) < 4.78 is 11.8. The summed E-state index contributed by atoms with van der Waals surface area (Å²) in [6.45, 7) is 0.882. The van der Waals surface area contributed by atoms with Crippen LogP contribution in [0.1, 0.15) is 0 Å². The Balaban J connectivity index is 1.87. The average Bonchev–Trinajstić information content (AvgIpc) is 3.13. The number of hydrogen-bond acceptors (Lipinski definition) is 6. The number of halogens is 3. The highest BCUT2D eigenvalue weighted by atomic mass is 35.5. The molecule has 1 amide bonds. The van der Waals surface area contributed by atoms with Crippen LogP contribution in [0.2, 0.25) is 15.1 Å². The van der Waals surface area contributed by atoms with Gasteiger partial charge >= 0.3 is 0 Å². The van der Waals surface area contributed by atoms with Crippen LogP contribution in [0.4, 0.5) is 5.13 Å². The molecule has 10 heteroatoms. The van der Waals surface area contributed by atoms with E-state index < -0.39 is 0 Å². The topological polar surface area (TPSA) is 54.9 Å². The fourth-order valence-electron chi connectivity index (χ4n) is 2.66. The Morgan fingerprint density at radius 2 is 1.80 bits per heavy atom. The molecule has 0 aliphatic carbocycles. The molecule has 0 spiro atoms. The summed E-state index contributed by atoms with van der Waals surface area (Å²) in [5, 5.41) is 1.91. The van der Waals surface area contributed by atoms with Crippen LogP contribution < -0.4 is 14.4 Å². The lowest BCUT2D eigenvalue weighted by atomic mass is 10.3. The molecule has 0 saturated carbocycles. The summed E-state index contributed by atoms with van der Waals surface area (Å²) in [6.07, 6.45) is 0. The first-order chi connectivity index (χ1) is 14.3. The first-order valence-corrected chi connectivity index (χ1v) is 10.9. The van der Waals surface area contributed by atoms with E-state index in [-0.39, 0.29) is 12.5 Å². The van der Waals surface area contributed by atoms with Crippen LogP contribution in [0.15, 0.2) is 30.3 Å². The number of thiazole rings is 1. The second kappa shape index (κ2) is 10.0. The molecule has 3 rings (SSSR count). The number of rotatable bonds is 8. The second-order valence-corrected chi connectivity index (χ2v) is 8.86. The van der Waals surface area contributed by atoms with Gasteiger partial charge in [-0.1, -0.05) is 46.1 Å². The van der Waals surface area contributed by atoms with E-state index in [9.17, 15) is 4.79 Å². The number of likely N-dealkylation sites (N-methyl/N-ethyl adjacent to an activating group) is 1. The van der Waals surface area contributed by atoms with Gasteiger partial charge in [0.2, 0.25) is 0 Å². The zero-order valence-electron chi connectivity index (χ0n) is 16.6. The van der Waals surface area contributed by atoms with E-state index in [4.69, 9.17) is 44.3 Å². The van der Waals surface area contributed by atoms with Crippen molar-refractivity contribution in [1.82, 2.24) is 9.88 Å². The van der Waals surface area contributed by atoms with Gasteiger partial charge < -0.3 is 14.4 Å². The lowest BCUT2D eigenvalue weighted by Gasteiger charge is -2.22. The molecule has 0 N–H and O–H groups in total. The van der Waals surface area contributed by atoms with Gasteiger partial charge in [-0.2, -0.15) is 0 Å². The molecule has 2 aromatic carbocycles. The molecule has 0 aliphatic rings. The molecule has 1 heterocycles. The van der Waals surface area contributed by atoms with E-state index in [0.717, 1.165) is 4.70 Å². The van der Waals surface area contributed by atoms with E-state index in [2.05, 4.69) is 4.98 Å². The van der Waals surface area contributed by atoms with Crippen LogP contribution in [-0.4, -0.2) is 56.7 Å². The van der Waals surface area contributed by atoms with Crippen LogP contribution in [0.25, 0.3) is 10.2 Å². The van der Waals surface area contributed by atoms with Crippen molar-refractivity contribution in [3.8, 4) is 11.5 Å². The SMILES string of the molecule is COc1ccc(Cl)c2sc(N(CCN(C)C)C(=O)COc3ccc(Cl)cc3Cl)nc12. The van der Waals surface area contributed by atoms with Crippen LogP contribution in [0.5, 0.6) is 11.5 Å². The van der Waals surface area contributed by atoms with Gasteiger partial charge in [0.1, 0.15) is 17.0 Å². The number of amides is 1. The highest BCUT2D eigenvalue weighted by Gasteiger charge is 2.23. The third-order valence-corrected chi connectivity index (χ3v) is 6.28. The fourth-order valence-corrected chi connectivity index (χ4v) is 4.42. The Hall–Kier alpha value is -1.77. The first-order valence-electron chi connectivity index (χ1n) is 8.96. The van der Waals surface area contributed by atoms with Crippen molar-refractivity contribution in [1.29, 1.82) is 0 Å². The Morgan fingerprint density at radius 1 is 1.07 bits per heavy atom. The van der Waals surface area contributed by atoms with Crippen LogP contribution in [-0.2, 0) is 4.79 Å². The van der Waals surface area contributed by atoms with Gasteiger partial charge in [-0.05, 0) is 44.4 Å². The van der Waals surface area contributed by atoms with Gasteiger partial charge in [0, 0.05) is 18.1 Å². The monoisotopic (exact) mass is 487 g/mol. The molecule has 160 valence electrons. The second-order valence-electron chi connectivity index (χ2n) is 6.64. The summed E-state index contributed by atoms with van der Waals surface area (Å²) >= 11 is 19.7. The number of nitrogens with zero attached hydrogens (tertiary/aromatic N) is 3. The van der Waals surface area contributed by atoms with E-state index in [0.29, 0.717) is 50.3 Å². The Morgan fingerprint density at radius 3 is 2.47 bits per heavy atom. The van der Waals surface area contributed by atoms with Crippen molar-refractivity contribution in [2.24, 2.45) is 0 Å². The predicted molar refractivity (Wildman–Crippen MR) is 124 cm³/mol. The highest BCUT2D eigenvalue weighted by molar-refractivity contribution is 7.23. The van der Waals surface area contributed by atoms with Crippen LogP contribution in [0, 0.1) is 0 Å². The number of carbonyl (C=O) groups excluding carboxylic acids is 1. The van der Waals surface area contributed by atoms with Crippen molar-refractivity contribution in [3.63, 3.8) is 0 Å². The van der Waals surface area contributed by atoms with Gasteiger partial charge in [-0.3, -0.25) is 9.69 Å². The molecule has 0 fully saturated rings. The van der Waals surface area contributed by atoms with Gasteiger partial charge in [-0.15, -0.1) is 0 Å². The summed E-state index contributed by atoms with van der Waals surface area (Å²) in [4.78, 5) is 21.2. The molecule has 30 heavy (non-hydrogen) atoms. The van der Waals surface area contributed by atoms with Gasteiger partial charge in [0.25, 0.3) is 5.91 Å². The minimum Gasteiger partial charge on any atom is -0.494 e. The molecule has 0 atom stereocenters. The number of aromatic nitrogens is 1. The highest BCUT2D eigenvalue weighted by Crippen LogP contribution is 2.38. The van der Waals surface area contributed by atoms with Crippen molar-refractivity contribution < 1.29 is 14.3 Å². The molecule has 0 bridgehead atoms. The zero-order valence-corrected chi connectivity index (χ0v) is 19.7. The molecule has 0 aliphatic heterocycles. The minimum atomic E-state index is -0.253. The Kier molecular flexibility index (Phi) is 7.65. The van der Waals surface area contributed by atoms with Gasteiger partial charge in [0.05, 0.1) is 21.9 Å². The number of hydrogen-bond donors (Lipinski definition) is 0. The summed E-state index contributed by atoms with van der Waals surface area (Å²) in [5.74, 6) is 0.731. The predicted octanol–water partition coefficient (Wildman–Crippen LogP) is 5.24. The quantitative estimate of drug-likeness (QED) is 0.434. The molecular formula is C20H20Cl3N3O3S. The normalized spacial score (nSPS) is 11.2. The third-order valence-electron chi connectivity index (χ3n) is 4.21. The van der Waals surface area contributed by atoms with E-state index >= 15 is 0 Å². The first kappa shape index (κ1) is 22.9. The Bertz CT molecular complexity index is 1060. The summed E-state index contributed by atoms with van der Waals surface area (Å²) in [5.41, 5.74) is 0.620. The minimum absolute atomic E-state index is 0.199. The van der Waals surface area contributed by atoms with E-state index in [1.165, 1.54) is 11.3 Å². The van der Waals surface area contributed by atoms with Crippen LogP contribution >= 0.6 is 46.1 Å². The maximum Gasteiger partial charge on any atom is 0.266 e. The lowest BCUT2D eigenvalue weighted by Crippen LogP contribution is -2.39. The molecule has 6 nitrogen and oxygen atoms in total. The number of fused-ring (bicyclic) bond motifs is 1. The zero-order chi connectivity index (χ0) is 21.8. The van der Waals surface area contributed by atoms with Crippen molar-refractivity contribution >= 4 is 67.4 Å². The number of ether oxygens (including phenoxy) is 2. The summed E-state index contributed by atoms with van der Waals surface area (Å²) in [7, 11) is 5.44. The van der Waals surface area contributed by atoms with Crippen LogP contribution in [0.3, 0.4) is 0 Å². The average molecular weight is 489 g/mol. The summed E-state index contributed by atoms with van der Waals surface area (Å²) in [6, 6.07) is 8.35. The number of carbonyl (C=O) groups is 1. The molecule has 0 unspecified atom stereocenters. The maximum atomic E-state index is 13.0. The molecule has 0 saturated heterocycles. The third kappa shape index (κ3) is 5.28. The lowest BCUT2D eigenvalue weighted by molar-refractivity contribution is -0.120. The molecule has 0 radical (unpaired) electrons. The molecule has 3 aromatic rings. The van der Waals surface area contributed by atoms with Crippen molar-refractivity contribution in [2.45, 2.75) is 0 Å². The largest absolute Gasteiger partial charge is 0.494 e. The smallest absolute Gasteiger partial charge is 0.266 e. The maximum absolute atomic E-state index is 13.0. The van der Waals surface area contributed by atoms with Gasteiger partial charge in [-0.25, -0.2) is 4.98 Å². The van der Waals surface area contributed by atoms with E-state index in [1.807, 2.05) is 19.0 Å². The van der Waals surface area contributed by atoms with Crippen molar-refractivity contribution in [3.05, 3.63) is 45.4 Å². The van der Waals surface area contributed by atoms with Crippen molar-refractivity contribution in [2.75, 3.05) is 45.8 Å². The molecular weight excluding hydrogens is 469 g/mol.